The first-order valence-corrected chi connectivity index (χ1v) is 3.58. The summed E-state index contributed by atoms with van der Waals surface area (Å²) >= 11 is 0. The number of aliphatic hydroxyl groups is 1. The SMILES string of the molecule is O=CCC1(O)COCCOC1. The Morgan fingerprint density at radius 2 is 1.91 bits per heavy atom. The third-order valence-electron chi connectivity index (χ3n) is 1.58. The zero-order chi connectivity index (χ0) is 8.16. The van der Waals surface area contributed by atoms with E-state index in [-0.39, 0.29) is 19.6 Å². The van der Waals surface area contributed by atoms with E-state index in [9.17, 15) is 9.90 Å². The maximum atomic E-state index is 10.1. The van der Waals surface area contributed by atoms with Gasteiger partial charge in [-0.1, -0.05) is 0 Å². The molecule has 0 aliphatic carbocycles. The van der Waals surface area contributed by atoms with Gasteiger partial charge in [-0.15, -0.1) is 0 Å². The summed E-state index contributed by atoms with van der Waals surface area (Å²) in [6.45, 7) is 1.35. The molecule has 0 bridgehead atoms. The average Bonchev–Trinajstić information content (AvgIpc) is 2.15. The zero-order valence-electron chi connectivity index (χ0n) is 6.28. The lowest BCUT2D eigenvalue weighted by Gasteiger charge is -2.21. The van der Waals surface area contributed by atoms with E-state index in [1.807, 2.05) is 0 Å². The highest BCUT2D eigenvalue weighted by Gasteiger charge is 2.28. The number of hydrogen-bond acceptors (Lipinski definition) is 4. The predicted octanol–water partition coefficient (Wildman–Crippen LogP) is -0.647. The highest BCUT2D eigenvalue weighted by atomic mass is 16.6. The summed E-state index contributed by atoms with van der Waals surface area (Å²) in [6.07, 6.45) is 0.755. The van der Waals surface area contributed by atoms with Crippen molar-refractivity contribution in [3.05, 3.63) is 0 Å². The van der Waals surface area contributed by atoms with Crippen LogP contribution in [0.25, 0.3) is 0 Å². The quantitative estimate of drug-likeness (QED) is 0.545. The van der Waals surface area contributed by atoms with Gasteiger partial charge in [0.05, 0.1) is 26.4 Å². The van der Waals surface area contributed by atoms with E-state index in [1.165, 1.54) is 0 Å². The van der Waals surface area contributed by atoms with Gasteiger partial charge < -0.3 is 19.4 Å². The van der Waals surface area contributed by atoms with Crippen LogP contribution in [0.2, 0.25) is 0 Å². The molecule has 1 fully saturated rings. The Morgan fingerprint density at radius 3 is 2.36 bits per heavy atom. The first-order valence-electron chi connectivity index (χ1n) is 3.58. The third kappa shape index (κ3) is 2.57. The van der Waals surface area contributed by atoms with Gasteiger partial charge in [0.2, 0.25) is 0 Å². The van der Waals surface area contributed by atoms with Crippen molar-refractivity contribution in [2.24, 2.45) is 0 Å². The molecule has 1 rings (SSSR count). The van der Waals surface area contributed by atoms with E-state index < -0.39 is 5.60 Å². The zero-order valence-corrected chi connectivity index (χ0v) is 6.28. The Hall–Kier alpha value is -0.450. The predicted molar refractivity (Wildman–Crippen MR) is 37.3 cm³/mol. The second-order valence-corrected chi connectivity index (χ2v) is 2.70. The molecule has 0 spiro atoms. The molecular weight excluding hydrogens is 148 g/mol. The van der Waals surface area contributed by atoms with Gasteiger partial charge in [0, 0.05) is 6.42 Å². The lowest BCUT2D eigenvalue weighted by atomic mass is 10.0. The molecule has 0 radical (unpaired) electrons. The van der Waals surface area contributed by atoms with E-state index in [4.69, 9.17) is 9.47 Å². The molecule has 0 aromatic rings. The van der Waals surface area contributed by atoms with Crippen LogP contribution in [0.4, 0.5) is 0 Å². The van der Waals surface area contributed by atoms with Gasteiger partial charge in [0.25, 0.3) is 0 Å². The summed E-state index contributed by atoms with van der Waals surface area (Å²) in [6, 6.07) is 0. The minimum absolute atomic E-state index is 0.0764. The van der Waals surface area contributed by atoms with Crippen molar-refractivity contribution < 1.29 is 19.4 Å². The maximum absolute atomic E-state index is 10.1. The minimum atomic E-state index is -1.10. The van der Waals surface area contributed by atoms with Crippen LogP contribution >= 0.6 is 0 Å². The van der Waals surface area contributed by atoms with Crippen molar-refractivity contribution in [3.8, 4) is 0 Å². The summed E-state index contributed by atoms with van der Waals surface area (Å²) < 4.78 is 10.1. The van der Waals surface area contributed by atoms with E-state index in [1.54, 1.807) is 0 Å². The van der Waals surface area contributed by atoms with Crippen LogP contribution in [-0.4, -0.2) is 43.4 Å². The van der Waals surface area contributed by atoms with Gasteiger partial charge >= 0.3 is 0 Å². The largest absolute Gasteiger partial charge is 0.385 e. The molecule has 11 heavy (non-hydrogen) atoms. The van der Waals surface area contributed by atoms with Crippen LogP contribution in [0.15, 0.2) is 0 Å². The van der Waals surface area contributed by atoms with Crippen molar-refractivity contribution in [1.29, 1.82) is 0 Å². The normalized spacial score (nSPS) is 24.1. The Kier molecular flexibility index (Phi) is 2.99. The van der Waals surface area contributed by atoms with Gasteiger partial charge in [-0.2, -0.15) is 0 Å². The molecule has 0 aromatic carbocycles. The van der Waals surface area contributed by atoms with Crippen molar-refractivity contribution in [2.75, 3.05) is 26.4 Å². The molecule has 1 N–H and O–H groups in total. The van der Waals surface area contributed by atoms with Gasteiger partial charge in [-0.25, -0.2) is 0 Å². The molecule has 1 saturated heterocycles. The summed E-state index contributed by atoms with van der Waals surface area (Å²) in [5.74, 6) is 0. The average molecular weight is 160 g/mol. The number of carbonyl (C=O) groups is 1. The van der Waals surface area contributed by atoms with E-state index >= 15 is 0 Å². The van der Waals surface area contributed by atoms with Gasteiger partial charge in [0.15, 0.2) is 0 Å². The number of rotatable bonds is 2. The summed E-state index contributed by atoms with van der Waals surface area (Å²) in [4.78, 5) is 10.1. The monoisotopic (exact) mass is 160 g/mol. The topological polar surface area (TPSA) is 55.8 Å². The Bertz CT molecular complexity index is 126. The Labute approximate surface area is 65.1 Å². The van der Waals surface area contributed by atoms with Crippen molar-refractivity contribution >= 4 is 6.29 Å². The molecule has 0 aromatic heterocycles. The number of ether oxygens (including phenoxy) is 2. The second-order valence-electron chi connectivity index (χ2n) is 2.70. The first-order chi connectivity index (χ1) is 5.27. The molecule has 0 unspecified atom stereocenters. The molecule has 1 heterocycles. The first kappa shape index (κ1) is 8.64. The van der Waals surface area contributed by atoms with E-state index in [2.05, 4.69) is 0 Å². The highest BCUT2D eigenvalue weighted by molar-refractivity contribution is 5.51. The second kappa shape index (κ2) is 3.80. The number of carbonyl (C=O) groups excluding carboxylic acids is 1. The smallest absolute Gasteiger partial charge is 0.123 e. The molecule has 64 valence electrons. The van der Waals surface area contributed by atoms with Gasteiger partial charge in [-0.05, 0) is 0 Å². The lowest BCUT2D eigenvalue weighted by molar-refractivity contribution is -0.117. The molecule has 4 heteroatoms. The number of aldehydes is 1. The molecule has 1 aliphatic heterocycles. The standard InChI is InChI=1S/C7H12O4/c8-2-1-7(9)5-10-3-4-11-6-7/h2,9H,1,3-6H2. The third-order valence-corrected chi connectivity index (χ3v) is 1.58. The van der Waals surface area contributed by atoms with E-state index in [0.717, 1.165) is 0 Å². The minimum Gasteiger partial charge on any atom is -0.385 e. The summed E-state index contributed by atoms with van der Waals surface area (Å²) in [5, 5.41) is 9.57. The summed E-state index contributed by atoms with van der Waals surface area (Å²) in [5.41, 5.74) is -1.10. The van der Waals surface area contributed by atoms with Crippen molar-refractivity contribution in [1.82, 2.24) is 0 Å². The fraction of sp³-hybridized carbons (Fsp3) is 0.857. The lowest BCUT2D eigenvalue weighted by Crippen LogP contribution is -2.38. The molecule has 0 atom stereocenters. The molecule has 4 nitrogen and oxygen atoms in total. The number of hydrogen-bond donors (Lipinski definition) is 1. The fourth-order valence-electron chi connectivity index (χ4n) is 0.957. The van der Waals surface area contributed by atoms with Crippen LogP contribution in [-0.2, 0) is 14.3 Å². The van der Waals surface area contributed by atoms with Crippen LogP contribution in [0, 0.1) is 0 Å². The molecule has 1 aliphatic rings. The molecular formula is C7H12O4. The van der Waals surface area contributed by atoms with Crippen LogP contribution in [0.1, 0.15) is 6.42 Å². The van der Waals surface area contributed by atoms with Crippen LogP contribution < -0.4 is 0 Å². The van der Waals surface area contributed by atoms with Crippen LogP contribution in [0.5, 0.6) is 0 Å². The summed E-state index contributed by atoms with van der Waals surface area (Å²) in [7, 11) is 0. The highest BCUT2D eigenvalue weighted by Crippen LogP contribution is 2.12. The van der Waals surface area contributed by atoms with Crippen LogP contribution in [0.3, 0.4) is 0 Å². The fourth-order valence-corrected chi connectivity index (χ4v) is 0.957. The van der Waals surface area contributed by atoms with Gasteiger partial charge in [-0.3, -0.25) is 0 Å². The van der Waals surface area contributed by atoms with Crippen molar-refractivity contribution in [3.63, 3.8) is 0 Å². The molecule has 0 saturated carbocycles. The molecule has 0 amide bonds. The van der Waals surface area contributed by atoms with Gasteiger partial charge in [0.1, 0.15) is 11.9 Å². The van der Waals surface area contributed by atoms with Crippen molar-refractivity contribution in [2.45, 2.75) is 12.0 Å². The Balaban J connectivity index is 2.44. The van der Waals surface area contributed by atoms with E-state index in [0.29, 0.717) is 19.5 Å². The maximum Gasteiger partial charge on any atom is 0.123 e. The Morgan fingerprint density at radius 1 is 1.36 bits per heavy atom.